The van der Waals surface area contributed by atoms with E-state index < -0.39 is 0 Å². The Morgan fingerprint density at radius 1 is 0.766 bits per heavy atom. The fourth-order valence-electron chi connectivity index (χ4n) is 11.6. The molecule has 0 aromatic rings. The van der Waals surface area contributed by atoms with E-state index in [2.05, 4.69) is 54.2 Å². The first-order chi connectivity index (χ1) is 22.7. The number of ether oxygens (including phenoxy) is 1. The zero-order chi connectivity index (χ0) is 33.7. The van der Waals surface area contributed by atoms with Crippen molar-refractivity contribution >= 4 is 0 Å². The molecular formula is C45H81O2. The van der Waals surface area contributed by atoms with Crippen LogP contribution in [0.15, 0.2) is 11.6 Å². The first kappa shape index (κ1) is 39.4. The molecule has 4 aliphatic carbocycles. The summed E-state index contributed by atoms with van der Waals surface area (Å²) >= 11 is 0. The molecule has 1 N–H and O–H groups in total. The normalized spacial score (nSPS) is 33.3. The maximum absolute atomic E-state index is 10.1. The lowest BCUT2D eigenvalue weighted by Crippen LogP contribution is -2.51. The molecule has 0 aliphatic heterocycles. The molecule has 2 heteroatoms. The van der Waals surface area contributed by atoms with Gasteiger partial charge in [0.1, 0.15) is 0 Å². The zero-order valence-electron chi connectivity index (χ0n) is 32.5. The third kappa shape index (κ3) is 11.1. The highest BCUT2D eigenvalue weighted by Crippen LogP contribution is 2.67. The summed E-state index contributed by atoms with van der Waals surface area (Å²) in [7, 11) is 0. The summed E-state index contributed by atoms with van der Waals surface area (Å²) in [6, 6.07) is 0. The van der Waals surface area contributed by atoms with Crippen molar-refractivity contribution in [1.82, 2.24) is 0 Å². The Morgan fingerprint density at radius 3 is 2.15 bits per heavy atom. The van der Waals surface area contributed by atoms with E-state index in [1.54, 1.807) is 5.57 Å². The van der Waals surface area contributed by atoms with Gasteiger partial charge in [0.2, 0.25) is 0 Å². The Hall–Kier alpha value is -0.340. The van der Waals surface area contributed by atoms with E-state index in [1.165, 1.54) is 148 Å². The van der Waals surface area contributed by atoms with Crippen LogP contribution in [0.2, 0.25) is 0 Å². The average molecular weight is 654 g/mol. The number of fused-ring (bicyclic) bond motifs is 5. The fraction of sp³-hybridized carbons (Fsp3) is 0.933. The number of rotatable bonds is 23. The minimum absolute atomic E-state index is 0.0538. The second kappa shape index (κ2) is 19.9. The van der Waals surface area contributed by atoms with Gasteiger partial charge in [-0.05, 0) is 117 Å². The van der Waals surface area contributed by atoms with Crippen LogP contribution in [-0.2, 0) is 4.74 Å². The molecule has 47 heavy (non-hydrogen) atoms. The molecule has 1 unspecified atom stereocenters. The molecule has 0 saturated heterocycles. The Kier molecular flexibility index (Phi) is 16.7. The summed E-state index contributed by atoms with van der Waals surface area (Å²) in [5.41, 5.74) is 2.79. The van der Waals surface area contributed by atoms with Crippen molar-refractivity contribution in [3.63, 3.8) is 0 Å². The molecule has 273 valence electrons. The lowest BCUT2D eigenvalue weighted by atomic mass is 9.47. The van der Waals surface area contributed by atoms with Gasteiger partial charge < -0.3 is 9.84 Å². The second-order valence-electron chi connectivity index (χ2n) is 18.4. The molecule has 3 saturated carbocycles. The fourth-order valence-corrected chi connectivity index (χ4v) is 11.6. The van der Waals surface area contributed by atoms with E-state index in [0.717, 1.165) is 54.8 Å². The molecule has 3 fully saturated rings. The highest BCUT2D eigenvalue weighted by atomic mass is 16.5. The highest BCUT2D eigenvalue weighted by Gasteiger charge is 2.59. The van der Waals surface area contributed by atoms with Crippen LogP contribution < -0.4 is 0 Å². The molecule has 4 rings (SSSR count). The molecule has 0 bridgehead atoms. The van der Waals surface area contributed by atoms with Crippen LogP contribution in [0, 0.1) is 52.9 Å². The summed E-state index contributed by atoms with van der Waals surface area (Å²) < 4.78 is 6.43. The monoisotopic (exact) mass is 654 g/mol. The summed E-state index contributed by atoms with van der Waals surface area (Å²) in [4.78, 5) is 0. The standard InChI is InChI=1S/C45H81O2/c1-7-8-9-17-23-38(46)24-18-15-13-11-10-12-14-16-19-33-47-39-29-31-44(5)37(34-39)25-26-40-42-28-27-41(36(4)22-20-21-35(2)3)45(42,6)32-30-43(40)44/h25,33,35-36,38-43,46H,7-24,26-32,34H2,1-6H3/t36-,38?,39+,40+,41-,42+,43+,44+,45-/m1/s1. The van der Waals surface area contributed by atoms with Gasteiger partial charge in [-0.3, -0.25) is 0 Å². The van der Waals surface area contributed by atoms with E-state index in [-0.39, 0.29) is 6.10 Å². The number of aliphatic hydroxyl groups excluding tert-OH is 1. The van der Waals surface area contributed by atoms with Gasteiger partial charge in [0.05, 0.1) is 18.8 Å². The van der Waals surface area contributed by atoms with Crippen molar-refractivity contribution in [1.29, 1.82) is 0 Å². The van der Waals surface area contributed by atoms with Crippen molar-refractivity contribution in [3.05, 3.63) is 18.3 Å². The van der Waals surface area contributed by atoms with Crippen molar-refractivity contribution in [2.24, 2.45) is 46.3 Å². The molecule has 0 heterocycles. The van der Waals surface area contributed by atoms with Crippen molar-refractivity contribution in [2.75, 3.05) is 0 Å². The molecule has 1 radical (unpaired) electrons. The smallest absolute Gasteiger partial charge is 0.0840 e. The molecular weight excluding hydrogens is 572 g/mol. The predicted octanol–water partition coefficient (Wildman–Crippen LogP) is 13.8. The van der Waals surface area contributed by atoms with Crippen LogP contribution in [-0.4, -0.2) is 17.3 Å². The molecule has 0 spiro atoms. The molecule has 0 aromatic carbocycles. The van der Waals surface area contributed by atoms with Crippen molar-refractivity contribution < 1.29 is 9.84 Å². The Labute approximate surface area is 294 Å². The Balaban J connectivity index is 1.07. The van der Waals surface area contributed by atoms with Crippen molar-refractivity contribution in [2.45, 2.75) is 221 Å². The van der Waals surface area contributed by atoms with E-state index in [0.29, 0.717) is 16.9 Å². The van der Waals surface area contributed by atoms with E-state index in [4.69, 9.17) is 4.74 Å². The minimum atomic E-state index is -0.0538. The topological polar surface area (TPSA) is 29.5 Å². The SMILES string of the molecule is CCCCCCC(O)CCCCCCCCCC[CH]O[C@H]1CC[C@@]2(C)C(=CC[C@H]3[C@@H]4CC[C@H]([C@H](C)CCCC(C)C)[C@@]4(C)CC[C@@H]32)C1. The Bertz CT molecular complexity index is 892. The van der Waals surface area contributed by atoms with Gasteiger partial charge in [0.25, 0.3) is 0 Å². The van der Waals surface area contributed by atoms with Crippen LogP contribution in [0.25, 0.3) is 0 Å². The maximum atomic E-state index is 10.1. The summed E-state index contributed by atoms with van der Waals surface area (Å²) in [5, 5.41) is 10.1. The lowest BCUT2D eigenvalue weighted by Gasteiger charge is -2.58. The van der Waals surface area contributed by atoms with Gasteiger partial charge in [-0.15, -0.1) is 0 Å². The summed E-state index contributed by atoms with van der Waals surface area (Å²) in [6.07, 6.45) is 37.2. The van der Waals surface area contributed by atoms with E-state index in [9.17, 15) is 5.11 Å². The summed E-state index contributed by atoms with van der Waals surface area (Å²) in [6.45, 7) is 17.2. The molecule has 0 aromatic heterocycles. The molecule has 4 aliphatic rings. The largest absolute Gasteiger partial charge is 0.393 e. The number of unbranched alkanes of at least 4 members (excludes halogenated alkanes) is 11. The minimum Gasteiger partial charge on any atom is -0.393 e. The third-order valence-corrected chi connectivity index (χ3v) is 14.5. The zero-order valence-corrected chi connectivity index (χ0v) is 32.5. The first-order valence-electron chi connectivity index (χ1n) is 21.5. The summed E-state index contributed by atoms with van der Waals surface area (Å²) in [5.74, 6) is 5.51. The highest BCUT2D eigenvalue weighted by molar-refractivity contribution is 5.25. The van der Waals surface area contributed by atoms with Crippen LogP contribution in [0.4, 0.5) is 0 Å². The van der Waals surface area contributed by atoms with Gasteiger partial charge in [0, 0.05) is 0 Å². The van der Waals surface area contributed by atoms with Crippen LogP contribution >= 0.6 is 0 Å². The van der Waals surface area contributed by atoms with E-state index >= 15 is 0 Å². The second-order valence-corrected chi connectivity index (χ2v) is 18.4. The number of hydrogen-bond acceptors (Lipinski definition) is 2. The lowest BCUT2D eigenvalue weighted by molar-refractivity contribution is -0.0601. The van der Waals surface area contributed by atoms with E-state index in [1.807, 2.05) is 0 Å². The maximum Gasteiger partial charge on any atom is 0.0840 e. The van der Waals surface area contributed by atoms with Gasteiger partial charge in [-0.25, -0.2) is 0 Å². The van der Waals surface area contributed by atoms with Crippen LogP contribution in [0.3, 0.4) is 0 Å². The Morgan fingerprint density at radius 2 is 1.45 bits per heavy atom. The van der Waals surface area contributed by atoms with Gasteiger partial charge in [-0.2, -0.15) is 0 Å². The average Bonchev–Trinajstić information content (AvgIpc) is 3.40. The predicted molar refractivity (Wildman–Crippen MR) is 203 cm³/mol. The quantitative estimate of drug-likeness (QED) is 0.0878. The third-order valence-electron chi connectivity index (χ3n) is 14.5. The number of aliphatic hydroxyl groups is 1. The first-order valence-corrected chi connectivity index (χ1v) is 21.5. The van der Waals surface area contributed by atoms with Gasteiger partial charge >= 0.3 is 0 Å². The number of hydrogen-bond donors (Lipinski definition) is 1. The van der Waals surface area contributed by atoms with Crippen LogP contribution in [0.1, 0.15) is 208 Å². The van der Waals surface area contributed by atoms with Gasteiger partial charge in [-0.1, -0.05) is 150 Å². The van der Waals surface area contributed by atoms with Gasteiger partial charge in [0.15, 0.2) is 0 Å². The number of allylic oxidation sites excluding steroid dienone is 1. The van der Waals surface area contributed by atoms with Crippen LogP contribution in [0.5, 0.6) is 0 Å². The molecule has 0 amide bonds. The molecule has 2 nitrogen and oxygen atoms in total. The van der Waals surface area contributed by atoms with Crippen molar-refractivity contribution in [3.8, 4) is 0 Å². The molecule has 9 atom stereocenters.